The van der Waals surface area contributed by atoms with Crippen LogP contribution < -0.4 is 5.32 Å². The Balaban J connectivity index is 2.15. The summed E-state index contributed by atoms with van der Waals surface area (Å²) in [6.07, 6.45) is 0.933. The lowest BCUT2D eigenvalue weighted by Crippen LogP contribution is -2.47. The first-order chi connectivity index (χ1) is 12.5. The van der Waals surface area contributed by atoms with Crippen molar-refractivity contribution in [3.05, 3.63) is 82.0 Å². The lowest BCUT2D eigenvalue weighted by atomic mass is 9.89. The van der Waals surface area contributed by atoms with Crippen LogP contribution in [-0.4, -0.2) is 22.3 Å². The van der Waals surface area contributed by atoms with Crippen LogP contribution in [0.15, 0.2) is 65.9 Å². The van der Waals surface area contributed by atoms with Crippen molar-refractivity contribution < 1.29 is 4.79 Å². The highest BCUT2D eigenvalue weighted by atomic mass is 35.5. The van der Waals surface area contributed by atoms with E-state index in [1.165, 1.54) is 0 Å². The number of hydrogen-bond acceptors (Lipinski definition) is 2. The van der Waals surface area contributed by atoms with Crippen molar-refractivity contribution in [1.82, 2.24) is 10.2 Å². The predicted molar refractivity (Wildman–Crippen MR) is 110 cm³/mol. The van der Waals surface area contributed by atoms with E-state index in [0.717, 1.165) is 24.2 Å². The first-order valence-electron chi connectivity index (χ1n) is 8.67. The number of nitrogens with one attached hydrogen (secondary N) is 1. The van der Waals surface area contributed by atoms with Gasteiger partial charge in [-0.1, -0.05) is 67.1 Å². The van der Waals surface area contributed by atoms with E-state index in [0.29, 0.717) is 21.3 Å². The number of halogens is 1. The fourth-order valence-electron chi connectivity index (χ4n) is 3.26. The van der Waals surface area contributed by atoms with Gasteiger partial charge in [0.05, 0.1) is 6.04 Å². The van der Waals surface area contributed by atoms with E-state index in [-0.39, 0.29) is 11.8 Å². The van der Waals surface area contributed by atoms with E-state index >= 15 is 0 Å². The van der Waals surface area contributed by atoms with Gasteiger partial charge in [-0.15, -0.1) is 0 Å². The molecule has 134 valence electrons. The van der Waals surface area contributed by atoms with Crippen LogP contribution in [-0.2, 0) is 0 Å². The number of ketones is 1. The van der Waals surface area contributed by atoms with Crippen molar-refractivity contribution in [1.29, 1.82) is 0 Å². The van der Waals surface area contributed by atoms with Crippen LogP contribution in [0.1, 0.15) is 42.2 Å². The summed E-state index contributed by atoms with van der Waals surface area (Å²) in [5, 5.41) is 4.57. The van der Waals surface area contributed by atoms with Crippen LogP contribution in [0.2, 0.25) is 5.02 Å². The van der Waals surface area contributed by atoms with Crippen LogP contribution in [0.25, 0.3) is 0 Å². The minimum Gasteiger partial charge on any atom is -0.351 e. The lowest BCUT2D eigenvalue weighted by molar-refractivity contribution is 0.102. The molecule has 3 rings (SSSR count). The molecule has 0 bridgehead atoms. The Labute approximate surface area is 164 Å². The number of benzene rings is 2. The number of Topliss-reactive ketones (excluding diaryl/α,β-unsaturated/α-hetero) is 1. The lowest BCUT2D eigenvalue weighted by Gasteiger charge is -2.38. The number of nitrogens with zero attached hydrogens (tertiary/aromatic N) is 1. The van der Waals surface area contributed by atoms with Gasteiger partial charge in [0.2, 0.25) is 0 Å². The van der Waals surface area contributed by atoms with Crippen molar-refractivity contribution in [3.63, 3.8) is 0 Å². The Kier molecular flexibility index (Phi) is 5.74. The van der Waals surface area contributed by atoms with E-state index in [1.807, 2.05) is 66.4 Å². The van der Waals surface area contributed by atoms with Gasteiger partial charge in [-0.2, -0.15) is 0 Å². The third kappa shape index (κ3) is 3.53. The molecule has 3 nitrogen and oxygen atoms in total. The molecule has 0 fully saturated rings. The van der Waals surface area contributed by atoms with Gasteiger partial charge >= 0.3 is 0 Å². The van der Waals surface area contributed by atoms with Crippen LogP contribution in [0, 0.1) is 0 Å². The predicted octanol–water partition coefficient (Wildman–Crippen LogP) is 5.14. The Morgan fingerprint density at radius 2 is 1.81 bits per heavy atom. The summed E-state index contributed by atoms with van der Waals surface area (Å²) in [5.41, 5.74) is 3.08. The molecule has 1 heterocycles. The average Bonchev–Trinajstić information content (AvgIpc) is 2.65. The number of carbonyl (C=O) groups is 1. The third-order valence-corrected chi connectivity index (χ3v) is 5.22. The Hall–Kier alpha value is -2.17. The van der Waals surface area contributed by atoms with Gasteiger partial charge in [0, 0.05) is 28.4 Å². The van der Waals surface area contributed by atoms with Crippen LogP contribution in [0.4, 0.5) is 0 Å². The van der Waals surface area contributed by atoms with E-state index in [2.05, 4.69) is 12.2 Å². The quantitative estimate of drug-likeness (QED) is 0.571. The third-order valence-electron chi connectivity index (χ3n) is 4.54. The Morgan fingerprint density at radius 3 is 2.46 bits per heavy atom. The van der Waals surface area contributed by atoms with Crippen molar-refractivity contribution in [2.75, 3.05) is 6.54 Å². The van der Waals surface area contributed by atoms with Gasteiger partial charge < -0.3 is 10.2 Å². The molecule has 1 aliphatic rings. The van der Waals surface area contributed by atoms with Gasteiger partial charge in [0.15, 0.2) is 10.9 Å². The largest absolute Gasteiger partial charge is 0.351 e. The molecule has 26 heavy (non-hydrogen) atoms. The van der Waals surface area contributed by atoms with Crippen molar-refractivity contribution in [2.45, 2.75) is 26.3 Å². The molecule has 0 radical (unpaired) electrons. The summed E-state index contributed by atoms with van der Waals surface area (Å²) in [4.78, 5) is 15.3. The zero-order valence-corrected chi connectivity index (χ0v) is 16.4. The molecule has 1 unspecified atom stereocenters. The summed E-state index contributed by atoms with van der Waals surface area (Å²) < 4.78 is 0. The molecule has 0 aliphatic carbocycles. The van der Waals surface area contributed by atoms with Gasteiger partial charge in [-0.05, 0) is 37.2 Å². The van der Waals surface area contributed by atoms with Crippen molar-refractivity contribution >= 4 is 34.7 Å². The molecule has 2 aromatic rings. The molecule has 0 saturated heterocycles. The highest BCUT2D eigenvalue weighted by molar-refractivity contribution is 7.80. The molecule has 0 amide bonds. The van der Waals surface area contributed by atoms with Crippen molar-refractivity contribution in [3.8, 4) is 0 Å². The minimum atomic E-state index is -0.364. The van der Waals surface area contributed by atoms with Gasteiger partial charge in [0.25, 0.3) is 0 Å². The molecular formula is C21H21ClN2OS. The second kappa shape index (κ2) is 8.02. The van der Waals surface area contributed by atoms with E-state index in [1.54, 1.807) is 0 Å². The summed E-state index contributed by atoms with van der Waals surface area (Å²) in [5.74, 6) is -0.0101. The van der Waals surface area contributed by atoms with Gasteiger partial charge in [0.1, 0.15) is 0 Å². The number of thiocarbonyl (C=S) groups is 1. The zero-order valence-electron chi connectivity index (χ0n) is 14.8. The van der Waals surface area contributed by atoms with Crippen LogP contribution in [0.5, 0.6) is 0 Å². The monoisotopic (exact) mass is 384 g/mol. The van der Waals surface area contributed by atoms with E-state index in [9.17, 15) is 4.79 Å². The summed E-state index contributed by atoms with van der Waals surface area (Å²) >= 11 is 12.0. The summed E-state index contributed by atoms with van der Waals surface area (Å²) in [6.45, 7) is 4.82. The first-order valence-corrected chi connectivity index (χ1v) is 9.46. The smallest absolute Gasteiger partial charge is 0.193 e. The number of hydrogen-bond donors (Lipinski definition) is 1. The topological polar surface area (TPSA) is 32.3 Å². The van der Waals surface area contributed by atoms with E-state index < -0.39 is 0 Å². The molecular weight excluding hydrogens is 364 g/mol. The first kappa shape index (κ1) is 18.6. The highest BCUT2D eigenvalue weighted by Crippen LogP contribution is 2.35. The average molecular weight is 385 g/mol. The molecule has 0 aromatic heterocycles. The molecule has 0 saturated carbocycles. The SMILES string of the molecule is CCCN1C(=S)NC(c2ccccc2Cl)C(C(=O)c2ccccc2)=C1C. The second-order valence-corrected chi connectivity index (χ2v) is 7.04. The van der Waals surface area contributed by atoms with Crippen LogP contribution >= 0.6 is 23.8 Å². The number of allylic oxidation sites excluding steroid dienone is 1. The molecule has 1 atom stereocenters. The standard InChI is InChI=1S/C21H21ClN2OS/c1-3-13-24-14(2)18(20(25)15-9-5-4-6-10-15)19(23-21(24)26)16-11-7-8-12-17(16)22/h4-12,19H,3,13H2,1-2H3,(H,23,26). The molecule has 0 spiro atoms. The molecule has 2 aromatic carbocycles. The summed E-state index contributed by atoms with van der Waals surface area (Å²) in [7, 11) is 0. The fraction of sp³-hybridized carbons (Fsp3) is 0.238. The Morgan fingerprint density at radius 1 is 1.15 bits per heavy atom. The second-order valence-electron chi connectivity index (χ2n) is 6.25. The maximum atomic E-state index is 13.4. The fourth-order valence-corrected chi connectivity index (χ4v) is 3.85. The normalized spacial score (nSPS) is 17.3. The molecule has 1 aliphatic heterocycles. The number of carbonyl (C=O) groups excluding carboxylic acids is 1. The molecule has 1 N–H and O–H groups in total. The van der Waals surface area contributed by atoms with Gasteiger partial charge in [-0.3, -0.25) is 4.79 Å². The maximum absolute atomic E-state index is 13.4. The van der Waals surface area contributed by atoms with Crippen molar-refractivity contribution in [2.24, 2.45) is 0 Å². The minimum absolute atomic E-state index is 0.0101. The highest BCUT2D eigenvalue weighted by Gasteiger charge is 2.34. The zero-order chi connectivity index (χ0) is 18.7. The Bertz CT molecular complexity index is 863. The molecule has 5 heteroatoms. The summed E-state index contributed by atoms with van der Waals surface area (Å²) in [6, 6.07) is 16.5. The number of rotatable bonds is 5. The van der Waals surface area contributed by atoms with E-state index in [4.69, 9.17) is 23.8 Å². The maximum Gasteiger partial charge on any atom is 0.193 e. The van der Waals surface area contributed by atoms with Crippen LogP contribution in [0.3, 0.4) is 0 Å². The van der Waals surface area contributed by atoms with Gasteiger partial charge in [-0.25, -0.2) is 0 Å².